The second kappa shape index (κ2) is 11.4. The summed E-state index contributed by atoms with van der Waals surface area (Å²) in [6, 6.07) is 9.52. The van der Waals surface area contributed by atoms with Gasteiger partial charge in [-0.1, -0.05) is 35.3 Å². The molecule has 1 aliphatic heterocycles. The summed E-state index contributed by atoms with van der Waals surface area (Å²) in [5.74, 6) is -1.18. The number of hydrogen-bond acceptors (Lipinski definition) is 7. The van der Waals surface area contributed by atoms with E-state index >= 15 is 4.39 Å². The van der Waals surface area contributed by atoms with Crippen molar-refractivity contribution >= 4 is 29.1 Å². The molecule has 2 saturated carbocycles. The lowest BCUT2D eigenvalue weighted by molar-refractivity contribution is -0.131. The van der Waals surface area contributed by atoms with Crippen molar-refractivity contribution in [1.82, 2.24) is 14.9 Å². The van der Waals surface area contributed by atoms with E-state index in [1.54, 1.807) is 37.3 Å². The number of fused-ring (bicyclic) bond motifs is 1. The lowest BCUT2D eigenvalue weighted by atomic mass is 9.73. The van der Waals surface area contributed by atoms with E-state index in [1.165, 1.54) is 23.4 Å². The number of amides is 1. The Morgan fingerprint density at radius 1 is 1.07 bits per heavy atom. The first-order valence-corrected chi connectivity index (χ1v) is 15.3. The van der Waals surface area contributed by atoms with Crippen LogP contribution in [-0.4, -0.2) is 55.4 Å². The van der Waals surface area contributed by atoms with E-state index in [0.29, 0.717) is 41.3 Å². The van der Waals surface area contributed by atoms with Gasteiger partial charge >= 0.3 is 0 Å². The van der Waals surface area contributed by atoms with Crippen LogP contribution in [0.1, 0.15) is 78.3 Å². The Balaban J connectivity index is 1.52. The van der Waals surface area contributed by atoms with Gasteiger partial charge in [0.2, 0.25) is 0 Å². The Morgan fingerprint density at radius 2 is 1.72 bits per heavy atom. The molecule has 2 fully saturated rings. The number of carbonyl (C=O) groups is 1. The van der Waals surface area contributed by atoms with E-state index in [4.69, 9.17) is 27.9 Å². The van der Waals surface area contributed by atoms with Gasteiger partial charge in [-0.05, 0) is 81.2 Å². The zero-order chi connectivity index (χ0) is 30.6. The summed E-state index contributed by atoms with van der Waals surface area (Å²) < 4.78 is 23.4. The highest BCUT2D eigenvalue weighted by Gasteiger charge is 2.57. The average Bonchev–Trinajstić information content (AvgIpc) is 3.74. The van der Waals surface area contributed by atoms with Crippen molar-refractivity contribution in [1.29, 1.82) is 0 Å². The topological polar surface area (TPSA) is 116 Å². The molecule has 3 aliphatic rings. The maximum atomic E-state index is 16.7. The lowest BCUT2D eigenvalue weighted by Crippen LogP contribution is -2.48. The molecule has 6 rings (SSSR count). The average molecular weight is 631 g/mol. The van der Waals surface area contributed by atoms with Crippen molar-refractivity contribution in [2.75, 3.05) is 13.2 Å². The Bertz CT molecular complexity index is 1510. The third-order valence-electron chi connectivity index (χ3n) is 9.45. The number of aliphatic hydroxyl groups is 3. The predicted octanol–water partition coefficient (Wildman–Crippen LogP) is 5.33. The summed E-state index contributed by atoms with van der Waals surface area (Å²) in [6.07, 6.45) is 6.13. The number of halogens is 3. The number of hydrogen-bond donors (Lipinski definition) is 3. The molecule has 11 heteroatoms. The molecule has 1 unspecified atom stereocenters. The van der Waals surface area contributed by atoms with Crippen LogP contribution in [0.2, 0.25) is 10.0 Å². The first-order valence-electron chi connectivity index (χ1n) is 14.5. The van der Waals surface area contributed by atoms with Crippen LogP contribution in [0.15, 0.2) is 48.8 Å². The quantitative estimate of drug-likeness (QED) is 0.293. The maximum absolute atomic E-state index is 16.7. The highest BCUT2D eigenvalue weighted by molar-refractivity contribution is 6.30. The van der Waals surface area contributed by atoms with Gasteiger partial charge in [0.05, 0.1) is 47.6 Å². The summed E-state index contributed by atoms with van der Waals surface area (Å²) in [5, 5.41) is 32.6. The van der Waals surface area contributed by atoms with Crippen molar-refractivity contribution < 1.29 is 29.2 Å². The molecular formula is C32H34Cl2FN3O5. The molecule has 2 atom stereocenters. The standard InChI is InChI=1S/C32H34Cl2FN3O5/c1-30(42,19-4-8-24(40)9-5-19)21-12-25-28(26(35)13-21)32(20-2-6-22(33)7-3-20,43-18-31(17-39)10-11-31)38(29(25)41)16-27-36-14-23(34)15-37-27/h2-3,6-7,12-15,19,24,39-40,42H,4-5,8-11,16-18H2,1H3/t19?,24?,30?,32-/m1/s1. The normalized spacial score (nSPS) is 25.8. The molecule has 8 nitrogen and oxygen atoms in total. The smallest absolute Gasteiger partial charge is 0.257 e. The molecular weight excluding hydrogens is 596 g/mol. The number of aromatic nitrogens is 2. The fourth-order valence-electron chi connectivity index (χ4n) is 6.45. The van der Waals surface area contributed by atoms with E-state index in [2.05, 4.69) is 9.97 Å². The number of nitrogens with zero attached hydrogens (tertiary/aromatic N) is 3. The highest BCUT2D eigenvalue weighted by atomic mass is 35.5. The van der Waals surface area contributed by atoms with E-state index in [1.807, 2.05) is 0 Å². The minimum absolute atomic E-state index is 0.0149. The van der Waals surface area contributed by atoms with E-state index in [9.17, 15) is 20.1 Å². The Morgan fingerprint density at radius 3 is 2.33 bits per heavy atom. The molecule has 1 amide bonds. The van der Waals surface area contributed by atoms with Gasteiger partial charge in [-0.25, -0.2) is 14.4 Å². The van der Waals surface area contributed by atoms with Crippen molar-refractivity contribution in [3.05, 3.63) is 92.7 Å². The number of benzene rings is 2. The van der Waals surface area contributed by atoms with Crippen LogP contribution in [0.5, 0.6) is 0 Å². The molecule has 0 saturated heterocycles. The van der Waals surface area contributed by atoms with Crippen LogP contribution < -0.4 is 0 Å². The molecule has 0 spiro atoms. The van der Waals surface area contributed by atoms with Crippen molar-refractivity contribution in [2.24, 2.45) is 11.3 Å². The van der Waals surface area contributed by atoms with Gasteiger partial charge < -0.3 is 20.1 Å². The van der Waals surface area contributed by atoms with Gasteiger partial charge in [0, 0.05) is 28.4 Å². The number of aliphatic hydroxyl groups excluding tert-OH is 2. The molecule has 3 N–H and O–H groups in total. The zero-order valence-corrected chi connectivity index (χ0v) is 25.3. The fraction of sp³-hybridized carbons (Fsp3) is 0.469. The van der Waals surface area contributed by atoms with Crippen molar-refractivity contribution in [3.8, 4) is 0 Å². The van der Waals surface area contributed by atoms with Crippen LogP contribution in [-0.2, 0) is 22.6 Å². The van der Waals surface area contributed by atoms with E-state index in [0.717, 1.165) is 12.8 Å². The minimum Gasteiger partial charge on any atom is -0.396 e. The molecule has 0 bridgehead atoms. The van der Waals surface area contributed by atoms with Crippen molar-refractivity contribution in [2.45, 2.75) is 69.4 Å². The van der Waals surface area contributed by atoms with Crippen LogP contribution in [0.25, 0.3) is 0 Å². The molecule has 0 radical (unpaired) electrons. The number of ether oxygens (including phenoxy) is 1. The van der Waals surface area contributed by atoms with Crippen LogP contribution in [0.3, 0.4) is 0 Å². The summed E-state index contributed by atoms with van der Waals surface area (Å²) in [7, 11) is 0. The highest BCUT2D eigenvalue weighted by Crippen LogP contribution is 2.53. The molecule has 2 heterocycles. The largest absolute Gasteiger partial charge is 0.396 e. The zero-order valence-electron chi connectivity index (χ0n) is 23.8. The Hall–Kier alpha value is -2.66. The Labute approximate surface area is 259 Å². The SMILES string of the molecule is CC(O)(c1cc(F)c2c(c1)C(=O)N(Cc1ncc(Cl)cn1)[C@@]2(OCC1(CO)CC1)c1ccc(Cl)cc1)C1CCC(O)CC1. The lowest BCUT2D eigenvalue weighted by Gasteiger charge is -2.40. The first kappa shape index (κ1) is 30.4. The van der Waals surface area contributed by atoms with Gasteiger partial charge in [-0.2, -0.15) is 0 Å². The third-order valence-corrected chi connectivity index (χ3v) is 9.90. The Kier molecular flexibility index (Phi) is 8.03. The molecule has 228 valence electrons. The van der Waals surface area contributed by atoms with Crippen molar-refractivity contribution in [3.63, 3.8) is 0 Å². The summed E-state index contributed by atoms with van der Waals surface area (Å²) in [5.41, 5.74) is -2.85. The molecule has 3 aromatic rings. The molecule has 2 aliphatic carbocycles. The summed E-state index contributed by atoms with van der Waals surface area (Å²) in [6.45, 7) is 1.47. The molecule has 2 aromatic carbocycles. The number of rotatable bonds is 9. The summed E-state index contributed by atoms with van der Waals surface area (Å²) in [4.78, 5) is 24.4. The van der Waals surface area contributed by atoms with Crippen LogP contribution in [0, 0.1) is 17.2 Å². The van der Waals surface area contributed by atoms with Gasteiger partial charge in [0.15, 0.2) is 5.72 Å². The van der Waals surface area contributed by atoms with Crippen LogP contribution >= 0.6 is 23.2 Å². The van der Waals surface area contributed by atoms with Gasteiger partial charge in [0.1, 0.15) is 11.6 Å². The van der Waals surface area contributed by atoms with E-state index in [-0.39, 0.29) is 48.2 Å². The van der Waals surface area contributed by atoms with Gasteiger partial charge in [-0.3, -0.25) is 9.69 Å². The van der Waals surface area contributed by atoms with Gasteiger partial charge in [0.25, 0.3) is 5.91 Å². The third kappa shape index (κ3) is 5.45. The monoisotopic (exact) mass is 629 g/mol. The second-order valence-corrected chi connectivity index (χ2v) is 13.2. The second-order valence-electron chi connectivity index (χ2n) is 12.3. The molecule has 43 heavy (non-hydrogen) atoms. The van der Waals surface area contributed by atoms with Gasteiger partial charge in [-0.15, -0.1) is 0 Å². The summed E-state index contributed by atoms with van der Waals surface area (Å²) >= 11 is 12.3. The predicted molar refractivity (Wildman–Crippen MR) is 158 cm³/mol. The maximum Gasteiger partial charge on any atom is 0.257 e. The molecule has 1 aromatic heterocycles. The number of carbonyl (C=O) groups excluding carboxylic acids is 1. The fourth-order valence-corrected chi connectivity index (χ4v) is 6.67. The first-order chi connectivity index (χ1) is 20.5. The van der Waals surface area contributed by atoms with E-state index < -0.39 is 34.6 Å². The van der Waals surface area contributed by atoms with Crippen LogP contribution in [0.4, 0.5) is 4.39 Å². The minimum atomic E-state index is -1.74.